The number of fused-ring (bicyclic) bond motifs is 6. The van der Waals surface area contributed by atoms with E-state index in [4.69, 9.17) is 0 Å². The van der Waals surface area contributed by atoms with E-state index in [-0.39, 0.29) is 17.1 Å². The number of rotatable bonds is 0. The molecule has 4 heterocycles. The van der Waals surface area contributed by atoms with Gasteiger partial charge in [-0.25, -0.2) is 0 Å². The molecule has 29 heavy (non-hydrogen) atoms. The first kappa shape index (κ1) is 18.9. The molecule has 0 N–H and O–H groups in total. The van der Waals surface area contributed by atoms with Crippen LogP contribution in [-0.2, 0) is 17.1 Å². The fraction of sp³-hybridized carbons (Fsp3) is 0. The van der Waals surface area contributed by atoms with Gasteiger partial charge in [0.25, 0.3) is 0 Å². The van der Waals surface area contributed by atoms with Gasteiger partial charge in [-0.05, 0) is 24.3 Å². The quantitative estimate of drug-likeness (QED) is 0.241. The van der Waals surface area contributed by atoms with E-state index in [1.807, 2.05) is 24.3 Å². The Morgan fingerprint density at radius 1 is 0.345 bits per heavy atom. The van der Waals surface area contributed by atoms with Gasteiger partial charge in [-0.1, -0.05) is 48.5 Å². The van der Waals surface area contributed by atoms with Crippen molar-refractivity contribution in [1.82, 2.24) is 19.9 Å². The normalized spacial score (nSPS) is 10.5. The van der Waals surface area contributed by atoms with E-state index in [1.165, 1.54) is 0 Å². The van der Waals surface area contributed by atoms with Gasteiger partial charge in [-0.3, -0.25) is 19.9 Å². The molecular formula is C24H16MnN4. The second-order valence-corrected chi connectivity index (χ2v) is 6.43. The Morgan fingerprint density at radius 2 is 0.586 bits per heavy atom. The van der Waals surface area contributed by atoms with Gasteiger partial charge in [-0.2, -0.15) is 0 Å². The molecule has 0 aliphatic rings. The molecule has 0 unspecified atom stereocenters. The van der Waals surface area contributed by atoms with Crippen molar-refractivity contribution >= 4 is 43.6 Å². The Bertz CT molecular complexity index is 1210. The molecule has 0 amide bonds. The number of hydrogen-bond acceptors (Lipinski definition) is 4. The van der Waals surface area contributed by atoms with Crippen molar-refractivity contribution in [3.05, 3.63) is 97.6 Å². The van der Waals surface area contributed by atoms with Gasteiger partial charge in [-0.15, -0.1) is 0 Å². The second-order valence-electron chi connectivity index (χ2n) is 6.43. The largest absolute Gasteiger partial charge is 0.254 e. The van der Waals surface area contributed by atoms with E-state index in [2.05, 4.69) is 68.5 Å². The fourth-order valence-electron chi connectivity index (χ4n) is 3.36. The van der Waals surface area contributed by atoms with Crippen LogP contribution in [0.3, 0.4) is 0 Å². The summed E-state index contributed by atoms with van der Waals surface area (Å²) in [7, 11) is 0. The number of pyridine rings is 4. The minimum atomic E-state index is 0. The molecule has 6 rings (SSSR count). The Labute approximate surface area is 178 Å². The maximum absolute atomic E-state index is 4.35. The minimum Gasteiger partial charge on any atom is -0.254 e. The molecule has 2 aromatic carbocycles. The molecule has 0 bridgehead atoms. The Hall–Kier alpha value is -3.40. The maximum atomic E-state index is 4.35. The third kappa shape index (κ3) is 3.66. The van der Waals surface area contributed by atoms with E-state index < -0.39 is 0 Å². The minimum absolute atomic E-state index is 0. The van der Waals surface area contributed by atoms with Gasteiger partial charge in [0.05, 0.1) is 22.1 Å². The molecule has 139 valence electrons. The zero-order valence-corrected chi connectivity index (χ0v) is 16.6. The van der Waals surface area contributed by atoms with E-state index in [9.17, 15) is 0 Å². The molecule has 6 aromatic rings. The summed E-state index contributed by atoms with van der Waals surface area (Å²) in [5.74, 6) is 0. The van der Waals surface area contributed by atoms with Crippen molar-refractivity contribution < 1.29 is 17.1 Å². The van der Waals surface area contributed by atoms with Crippen LogP contribution < -0.4 is 0 Å². The van der Waals surface area contributed by atoms with Crippen molar-refractivity contribution in [3.63, 3.8) is 0 Å². The molecular weight excluding hydrogens is 399 g/mol. The summed E-state index contributed by atoms with van der Waals surface area (Å²) in [6.07, 6.45) is 7.21. The summed E-state index contributed by atoms with van der Waals surface area (Å²) in [5, 5.41) is 4.55. The van der Waals surface area contributed by atoms with Gasteiger partial charge in [0.15, 0.2) is 0 Å². The molecule has 0 aliphatic heterocycles. The van der Waals surface area contributed by atoms with Crippen molar-refractivity contribution in [2.75, 3.05) is 0 Å². The fourth-order valence-corrected chi connectivity index (χ4v) is 3.36. The third-order valence-corrected chi connectivity index (χ3v) is 4.69. The predicted molar refractivity (Wildman–Crippen MR) is 114 cm³/mol. The average molecular weight is 415 g/mol. The standard InChI is InChI=1S/2C12H8N2.Mn/c2*1-3-9-5-6-10-4-2-8-14-12(10)11(9)13-7-1;/h2*1-8H;. The van der Waals surface area contributed by atoms with Crippen LogP contribution in [0.1, 0.15) is 0 Å². The summed E-state index contributed by atoms with van der Waals surface area (Å²) in [4.78, 5) is 17.4. The van der Waals surface area contributed by atoms with Gasteiger partial charge in [0.1, 0.15) is 0 Å². The molecule has 5 heteroatoms. The molecule has 0 fully saturated rings. The van der Waals surface area contributed by atoms with E-state index in [0.717, 1.165) is 43.6 Å². The average Bonchev–Trinajstić information content (AvgIpc) is 2.79. The third-order valence-electron chi connectivity index (χ3n) is 4.69. The first-order valence-corrected chi connectivity index (χ1v) is 9.07. The smallest absolute Gasteiger partial charge is 0.0964 e. The van der Waals surface area contributed by atoms with Crippen LogP contribution in [0.25, 0.3) is 43.6 Å². The molecule has 0 saturated heterocycles. The van der Waals surface area contributed by atoms with Gasteiger partial charge >= 0.3 is 0 Å². The monoisotopic (exact) mass is 415 g/mol. The van der Waals surface area contributed by atoms with Crippen LogP contribution in [0.5, 0.6) is 0 Å². The van der Waals surface area contributed by atoms with Crippen molar-refractivity contribution in [2.45, 2.75) is 0 Å². The van der Waals surface area contributed by atoms with E-state index in [0.29, 0.717) is 0 Å². The number of benzene rings is 2. The summed E-state index contributed by atoms with van der Waals surface area (Å²) in [6, 6.07) is 24.3. The van der Waals surface area contributed by atoms with Crippen LogP contribution in [0.4, 0.5) is 0 Å². The van der Waals surface area contributed by atoms with Crippen LogP contribution in [0.15, 0.2) is 97.6 Å². The van der Waals surface area contributed by atoms with E-state index >= 15 is 0 Å². The predicted octanol–water partition coefficient (Wildman–Crippen LogP) is 5.56. The molecule has 0 aliphatic carbocycles. The SMILES string of the molecule is [Mn].c1cnc2c(c1)ccc1cccnc12.c1cnc2c(c1)ccc1cccnc12. The van der Waals surface area contributed by atoms with Crippen molar-refractivity contribution in [2.24, 2.45) is 0 Å². The van der Waals surface area contributed by atoms with E-state index in [1.54, 1.807) is 24.8 Å². The molecule has 0 atom stereocenters. The first-order valence-electron chi connectivity index (χ1n) is 9.07. The topological polar surface area (TPSA) is 51.6 Å². The van der Waals surface area contributed by atoms with Crippen LogP contribution >= 0.6 is 0 Å². The number of hydrogen-bond donors (Lipinski definition) is 0. The Kier molecular flexibility index (Phi) is 5.43. The van der Waals surface area contributed by atoms with Crippen LogP contribution in [-0.4, -0.2) is 19.9 Å². The number of nitrogens with zero attached hydrogens (tertiary/aromatic N) is 4. The first-order chi connectivity index (χ1) is 13.9. The molecule has 4 nitrogen and oxygen atoms in total. The molecule has 1 radical (unpaired) electrons. The van der Waals surface area contributed by atoms with Crippen LogP contribution in [0, 0.1) is 0 Å². The van der Waals surface area contributed by atoms with Gasteiger partial charge in [0, 0.05) is 63.4 Å². The molecule has 4 aromatic heterocycles. The Morgan fingerprint density at radius 3 is 0.828 bits per heavy atom. The maximum Gasteiger partial charge on any atom is 0.0964 e. The zero-order chi connectivity index (χ0) is 18.8. The second kappa shape index (κ2) is 8.31. The van der Waals surface area contributed by atoms with Crippen molar-refractivity contribution in [1.29, 1.82) is 0 Å². The van der Waals surface area contributed by atoms with Gasteiger partial charge < -0.3 is 0 Å². The van der Waals surface area contributed by atoms with Crippen molar-refractivity contribution in [3.8, 4) is 0 Å². The molecule has 0 saturated carbocycles. The Balaban J connectivity index is 0.000000137. The van der Waals surface area contributed by atoms with Crippen LogP contribution in [0.2, 0.25) is 0 Å². The zero-order valence-electron chi connectivity index (χ0n) is 15.4. The number of aromatic nitrogens is 4. The summed E-state index contributed by atoms with van der Waals surface area (Å²) in [6.45, 7) is 0. The summed E-state index contributed by atoms with van der Waals surface area (Å²) >= 11 is 0. The summed E-state index contributed by atoms with van der Waals surface area (Å²) < 4.78 is 0. The molecule has 0 spiro atoms. The van der Waals surface area contributed by atoms with Gasteiger partial charge in [0.2, 0.25) is 0 Å². The summed E-state index contributed by atoms with van der Waals surface area (Å²) in [5.41, 5.74) is 3.91.